The van der Waals surface area contributed by atoms with E-state index in [4.69, 9.17) is 5.73 Å². The van der Waals surface area contributed by atoms with Crippen LogP contribution in [0.25, 0.3) is 0 Å². The van der Waals surface area contributed by atoms with Crippen molar-refractivity contribution in [1.82, 2.24) is 9.97 Å². The molecule has 0 aliphatic heterocycles. The van der Waals surface area contributed by atoms with Crippen LogP contribution in [0.4, 0.5) is 11.5 Å². The Labute approximate surface area is 112 Å². The van der Waals surface area contributed by atoms with Gasteiger partial charge in [-0.1, -0.05) is 0 Å². The van der Waals surface area contributed by atoms with Crippen LogP contribution in [-0.4, -0.2) is 16.5 Å². The van der Waals surface area contributed by atoms with Crippen molar-refractivity contribution in [2.75, 3.05) is 17.6 Å². The zero-order valence-electron chi connectivity index (χ0n) is 9.40. The summed E-state index contributed by atoms with van der Waals surface area (Å²) >= 11 is 5.16. The van der Waals surface area contributed by atoms with Gasteiger partial charge in [-0.05, 0) is 28.4 Å². The van der Waals surface area contributed by atoms with Crippen molar-refractivity contribution < 1.29 is 0 Å². The molecular formula is C11H13BrN4S. The third kappa shape index (κ3) is 2.95. The van der Waals surface area contributed by atoms with E-state index in [2.05, 4.69) is 31.2 Å². The highest BCUT2D eigenvalue weighted by atomic mass is 79.9. The average molecular weight is 313 g/mol. The Hall–Kier alpha value is -1.14. The topological polar surface area (TPSA) is 63.8 Å². The second-order valence-electron chi connectivity index (χ2n) is 3.60. The minimum atomic E-state index is 0.697. The smallest absolute Gasteiger partial charge is 0.140 e. The second-order valence-corrected chi connectivity index (χ2v) is 5.38. The van der Waals surface area contributed by atoms with E-state index >= 15 is 0 Å². The highest BCUT2D eigenvalue weighted by Crippen LogP contribution is 2.27. The molecule has 0 bridgehead atoms. The van der Waals surface area contributed by atoms with Crippen LogP contribution >= 0.6 is 27.3 Å². The molecule has 17 heavy (non-hydrogen) atoms. The lowest BCUT2D eigenvalue weighted by atomic mass is 10.2. The zero-order valence-corrected chi connectivity index (χ0v) is 11.8. The summed E-state index contributed by atoms with van der Waals surface area (Å²) in [5.74, 6) is 0.827. The fourth-order valence-corrected chi connectivity index (χ4v) is 2.47. The molecule has 3 N–H and O–H groups in total. The van der Waals surface area contributed by atoms with E-state index in [0.29, 0.717) is 5.69 Å². The van der Waals surface area contributed by atoms with Crippen LogP contribution in [0.2, 0.25) is 0 Å². The number of pyridine rings is 1. The van der Waals surface area contributed by atoms with Gasteiger partial charge in [0.25, 0.3) is 0 Å². The van der Waals surface area contributed by atoms with Crippen molar-refractivity contribution in [2.24, 2.45) is 0 Å². The standard InChI is InChI=1S/C11H13BrN4S/c1-7-8(13)6-16-11(10(7)12)15-3-2-9-14-4-5-17-9/h4-6H,2-3,13H2,1H3,(H,15,16). The van der Waals surface area contributed by atoms with E-state index < -0.39 is 0 Å². The van der Waals surface area contributed by atoms with Crippen molar-refractivity contribution in [1.29, 1.82) is 0 Å². The normalized spacial score (nSPS) is 10.5. The number of hydrogen-bond donors (Lipinski definition) is 2. The molecule has 0 unspecified atom stereocenters. The van der Waals surface area contributed by atoms with Crippen LogP contribution in [0.15, 0.2) is 22.2 Å². The third-order valence-electron chi connectivity index (χ3n) is 2.42. The van der Waals surface area contributed by atoms with Gasteiger partial charge in [0, 0.05) is 24.5 Å². The summed E-state index contributed by atoms with van der Waals surface area (Å²) in [6, 6.07) is 0. The van der Waals surface area contributed by atoms with E-state index in [1.165, 1.54) is 0 Å². The molecule has 0 saturated carbocycles. The van der Waals surface area contributed by atoms with Crippen LogP contribution in [0.1, 0.15) is 10.6 Å². The van der Waals surface area contributed by atoms with E-state index in [9.17, 15) is 0 Å². The zero-order chi connectivity index (χ0) is 12.3. The van der Waals surface area contributed by atoms with Crippen molar-refractivity contribution in [3.05, 3.63) is 32.8 Å². The number of aromatic nitrogens is 2. The SMILES string of the molecule is Cc1c(N)cnc(NCCc2nccs2)c1Br. The summed E-state index contributed by atoms with van der Waals surface area (Å²) in [6.07, 6.45) is 4.39. The van der Waals surface area contributed by atoms with Gasteiger partial charge in [-0.25, -0.2) is 9.97 Å². The largest absolute Gasteiger partial charge is 0.397 e. The van der Waals surface area contributed by atoms with Crippen LogP contribution in [0.3, 0.4) is 0 Å². The lowest BCUT2D eigenvalue weighted by Gasteiger charge is -2.10. The molecule has 0 aromatic carbocycles. The summed E-state index contributed by atoms with van der Waals surface area (Å²) < 4.78 is 0.927. The molecule has 2 rings (SSSR count). The molecule has 0 spiro atoms. The highest BCUT2D eigenvalue weighted by molar-refractivity contribution is 9.10. The number of anilines is 2. The molecule has 2 aromatic rings. The van der Waals surface area contributed by atoms with Gasteiger partial charge in [0.15, 0.2) is 0 Å². The Morgan fingerprint density at radius 1 is 1.47 bits per heavy atom. The van der Waals surface area contributed by atoms with Crippen LogP contribution < -0.4 is 11.1 Å². The lowest BCUT2D eigenvalue weighted by molar-refractivity contribution is 0.984. The number of nitrogens with zero attached hydrogens (tertiary/aromatic N) is 2. The summed E-state index contributed by atoms with van der Waals surface area (Å²) in [7, 11) is 0. The quantitative estimate of drug-likeness (QED) is 0.911. The molecular weight excluding hydrogens is 300 g/mol. The Morgan fingerprint density at radius 2 is 2.29 bits per heavy atom. The molecule has 6 heteroatoms. The average Bonchev–Trinajstić information content (AvgIpc) is 2.82. The van der Waals surface area contributed by atoms with Gasteiger partial charge < -0.3 is 11.1 Å². The van der Waals surface area contributed by atoms with Crippen molar-refractivity contribution >= 4 is 38.8 Å². The summed E-state index contributed by atoms with van der Waals surface area (Å²) in [5.41, 5.74) is 7.47. The summed E-state index contributed by atoms with van der Waals surface area (Å²) in [5, 5.41) is 6.38. The predicted molar refractivity (Wildman–Crippen MR) is 75.4 cm³/mol. The maximum Gasteiger partial charge on any atom is 0.140 e. The number of rotatable bonds is 4. The van der Waals surface area contributed by atoms with Crippen molar-refractivity contribution in [3.63, 3.8) is 0 Å². The molecule has 2 aromatic heterocycles. The van der Waals surface area contributed by atoms with E-state index in [0.717, 1.165) is 33.8 Å². The maximum atomic E-state index is 5.77. The summed E-state index contributed by atoms with van der Waals surface area (Å²) in [4.78, 5) is 8.49. The number of hydrogen-bond acceptors (Lipinski definition) is 5. The predicted octanol–water partition coefficient (Wildman–Crippen LogP) is 2.85. The van der Waals surface area contributed by atoms with Crippen molar-refractivity contribution in [2.45, 2.75) is 13.3 Å². The van der Waals surface area contributed by atoms with Gasteiger partial charge in [0.1, 0.15) is 5.82 Å². The molecule has 0 fully saturated rings. The number of nitrogens with one attached hydrogen (secondary N) is 1. The number of nitrogens with two attached hydrogens (primary N) is 1. The lowest BCUT2D eigenvalue weighted by Crippen LogP contribution is -2.08. The minimum Gasteiger partial charge on any atom is -0.397 e. The summed E-state index contributed by atoms with van der Waals surface area (Å²) in [6.45, 7) is 2.77. The Kier molecular flexibility index (Phi) is 3.96. The third-order valence-corrected chi connectivity index (χ3v) is 4.23. The van der Waals surface area contributed by atoms with E-state index in [1.807, 2.05) is 18.5 Å². The van der Waals surface area contributed by atoms with Gasteiger partial charge in [0.2, 0.25) is 0 Å². The molecule has 0 saturated heterocycles. The van der Waals surface area contributed by atoms with Gasteiger partial charge in [0.05, 0.1) is 21.4 Å². The number of nitrogen functional groups attached to an aromatic ring is 1. The first-order valence-corrected chi connectivity index (χ1v) is 6.88. The Morgan fingerprint density at radius 3 is 3.00 bits per heavy atom. The van der Waals surface area contributed by atoms with Gasteiger partial charge >= 0.3 is 0 Å². The van der Waals surface area contributed by atoms with Crippen LogP contribution in [0.5, 0.6) is 0 Å². The molecule has 0 atom stereocenters. The first kappa shape index (κ1) is 12.3. The number of halogens is 1. The second kappa shape index (κ2) is 5.46. The molecule has 0 aliphatic carbocycles. The first-order chi connectivity index (χ1) is 8.18. The van der Waals surface area contributed by atoms with E-state index in [-0.39, 0.29) is 0 Å². The fourth-order valence-electron chi connectivity index (χ4n) is 1.38. The molecule has 0 aliphatic rings. The highest BCUT2D eigenvalue weighted by Gasteiger charge is 2.06. The molecule has 0 amide bonds. The molecule has 90 valence electrons. The van der Waals surface area contributed by atoms with Gasteiger partial charge in [-0.3, -0.25) is 0 Å². The van der Waals surface area contributed by atoms with Gasteiger partial charge in [-0.2, -0.15) is 0 Å². The minimum absolute atomic E-state index is 0.697. The Balaban J connectivity index is 1.97. The van der Waals surface area contributed by atoms with Crippen LogP contribution in [-0.2, 0) is 6.42 Å². The monoisotopic (exact) mass is 312 g/mol. The molecule has 4 nitrogen and oxygen atoms in total. The van der Waals surface area contributed by atoms with E-state index in [1.54, 1.807) is 17.5 Å². The number of thiazole rings is 1. The van der Waals surface area contributed by atoms with Gasteiger partial charge in [-0.15, -0.1) is 11.3 Å². The maximum absolute atomic E-state index is 5.77. The van der Waals surface area contributed by atoms with Crippen molar-refractivity contribution in [3.8, 4) is 0 Å². The fraction of sp³-hybridized carbons (Fsp3) is 0.273. The van der Waals surface area contributed by atoms with Crippen LogP contribution in [0, 0.1) is 6.92 Å². The Bertz CT molecular complexity index is 498. The molecule has 2 heterocycles. The molecule has 0 radical (unpaired) electrons. The first-order valence-electron chi connectivity index (χ1n) is 5.21.